The monoisotopic (exact) mass is 459 g/mol. The molecule has 0 bridgehead atoms. The number of ether oxygens (including phenoxy) is 1. The molecule has 0 radical (unpaired) electrons. The van der Waals surface area contributed by atoms with Crippen molar-refractivity contribution < 1.29 is 17.9 Å². The molecule has 1 heterocycles. The molecule has 174 valence electrons. The Hall–Kier alpha value is -2.58. The van der Waals surface area contributed by atoms with Crippen molar-refractivity contribution in [1.29, 1.82) is 0 Å². The second-order valence-corrected chi connectivity index (χ2v) is 10.4. The minimum absolute atomic E-state index is 0.0683. The molecule has 0 aliphatic carbocycles. The van der Waals surface area contributed by atoms with E-state index in [1.54, 1.807) is 12.1 Å². The van der Waals surface area contributed by atoms with E-state index in [4.69, 9.17) is 4.74 Å². The second-order valence-electron chi connectivity index (χ2n) is 8.59. The third-order valence-electron chi connectivity index (χ3n) is 5.73. The molecule has 0 saturated carbocycles. The summed E-state index contributed by atoms with van der Waals surface area (Å²) in [5.74, 6) is 0.622. The van der Waals surface area contributed by atoms with Gasteiger partial charge in [-0.25, -0.2) is 13.1 Å². The number of sulfonamides is 1. The van der Waals surface area contributed by atoms with Gasteiger partial charge in [0.2, 0.25) is 10.0 Å². The van der Waals surface area contributed by atoms with Crippen LogP contribution in [0.25, 0.3) is 0 Å². The topological polar surface area (TPSA) is 79.0 Å². The lowest BCUT2D eigenvalue weighted by Gasteiger charge is -2.37. The number of carbonyl (C=O) groups excluding carboxylic acids is 1. The predicted octanol–water partition coefficient (Wildman–Crippen LogP) is 2.97. The summed E-state index contributed by atoms with van der Waals surface area (Å²) in [6.07, 6.45) is 0. The molecule has 2 aromatic rings. The summed E-state index contributed by atoms with van der Waals surface area (Å²) in [4.78, 5) is 16.9. The van der Waals surface area contributed by atoms with Gasteiger partial charge in [0, 0.05) is 38.4 Å². The normalized spacial score (nSPS) is 14.7. The van der Waals surface area contributed by atoms with E-state index in [0.29, 0.717) is 25.4 Å². The van der Waals surface area contributed by atoms with E-state index in [1.165, 1.54) is 28.9 Å². The van der Waals surface area contributed by atoms with Gasteiger partial charge in [-0.3, -0.25) is 4.79 Å². The molecule has 32 heavy (non-hydrogen) atoms. The Morgan fingerprint density at radius 3 is 2.31 bits per heavy atom. The second kappa shape index (κ2) is 10.4. The zero-order chi connectivity index (χ0) is 23.3. The molecule has 1 aliphatic rings. The molecule has 1 fully saturated rings. The van der Waals surface area contributed by atoms with Crippen molar-refractivity contribution >= 4 is 21.6 Å². The standard InChI is InChI=1S/C24H33N3O4S/c1-18(2)16-25-32(29,30)22-10-8-21(9-11-22)31-17-24(28)27-14-12-26(13-15-27)23-7-5-6-19(3)20(23)4/h5-11,18,25H,12-17H2,1-4H3. The van der Waals surface area contributed by atoms with Gasteiger partial charge in [-0.05, 0) is 61.2 Å². The smallest absolute Gasteiger partial charge is 0.260 e. The first kappa shape index (κ1) is 24.1. The van der Waals surface area contributed by atoms with E-state index in [2.05, 4.69) is 41.7 Å². The van der Waals surface area contributed by atoms with Crippen molar-refractivity contribution in [1.82, 2.24) is 9.62 Å². The zero-order valence-corrected chi connectivity index (χ0v) is 20.1. The quantitative estimate of drug-likeness (QED) is 0.657. The van der Waals surface area contributed by atoms with Crippen LogP contribution >= 0.6 is 0 Å². The van der Waals surface area contributed by atoms with Gasteiger partial charge in [-0.2, -0.15) is 0 Å². The third kappa shape index (κ3) is 6.01. The molecule has 1 saturated heterocycles. The summed E-state index contributed by atoms with van der Waals surface area (Å²) in [6, 6.07) is 12.5. The Labute approximate surface area is 191 Å². The molecule has 0 atom stereocenters. The first-order chi connectivity index (χ1) is 15.2. The van der Waals surface area contributed by atoms with Crippen molar-refractivity contribution in [2.75, 3.05) is 44.2 Å². The average Bonchev–Trinajstić information content (AvgIpc) is 2.78. The molecule has 2 aromatic carbocycles. The predicted molar refractivity (Wildman–Crippen MR) is 127 cm³/mol. The Bertz CT molecular complexity index is 1030. The van der Waals surface area contributed by atoms with Crippen molar-refractivity contribution in [3.05, 3.63) is 53.6 Å². The summed E-state index contributed by atoms with van der Waals surface area (Å²) in [7, 11) is -3.54. The number of hydrogen-bond acceptors (Lipinski definition) is 5. The van der Waals surface area contributed by atoms with Crippen molar-refractivity contribution in [2.24, 2.45) is 5.92 Å². The first-order valence-electron chi connectivity index (χ1n) is 11.0. The Kier molecular flexibility index (Phi) is 7.79. The first-order valence-corrected chi connectivity index (χ1v) is 12.5. The SMILES string of the molecule is Cc1cccc(N2CCN(C(=O)COc3ccc(S(=O)(=O)NCC(C)C)cc3)CC2)c1C. The fourth-order valence-electron chi connectivity index (χ4n) is 3.59. The fourth-order valence-corrected chi connectivity index (χ4v) is 4.80. The highest BCUT2D eigenvalue weighted by molar-refractivity contribution is 7.89. The number of amides is 1. The highest BCUT2D eigenvalue weighted by Crippen LogP contribution is 2.24. The van der Waals surface area contributed by atoms with Crippen LogP contribution < -0.4 is 14.4 Å². The van der Waals surface area contributed by atoms with Crippen LogP contribution in [0.15, 0.2) is 47.4 Å². The summed E-state index contributed by atoms with van der Waals surface area (Å²) in [5, 5.41) is 0. The van der Waals surface area contributed by atoms with Crippen LogP contribution in [0.4, 0.5) is 5.69 Å². The molecule has 1 N–H and O–H groups in total. The maximum absolute atomic E-state index is 12.6. The van der Waals surface area contributed by atoms with E-state index >= 15 is 0 Å². The van der Waals surface area contributed by atoms with Crippen LogP contribution in [0.3, 0.4) is 0 Å². The van der Waals surface area contributed by atoms with Crippen LogP contribution in [0.2, 0.25) is 0 Å². The molecule has 0 aromatic heterocycles. The summed E-state index contributed by atoms with van der Waals surface area (Å²) >= 11 is 0. The zero-order valence-electron chi connectivity index (χ0n) is 19.3. The maximum atomic E-state index is 12.6. The van der Waals surface area contributed by atoms with Crippen molar-refractivity contribution in [3.8, 4) is 5.75 Å². The number of piperazine rings is 1. The number of rotatable bonds is 8. The molecular formula is C24H33N3O4S. The number of nitrogens with one attached hydrogen (secondary N) is 1. The van der Waals surface area contributed by atoms with E-state index in [9.17, 15) is 13.2 Å². The number of aryl methyl sites for hydroxylation is 1. The highest BCUT2D eigenvalue weighted by atomic mass is 32.2. The van der Waals surface area contributed by atoms with Gasteiger partial charge < -0.3 is 14.5 Å². The van der Waals surface area contributed by atoms with Gasteiger partial charge in [0.1, 0.15) is 5.75 Å². The Morgan fingerprint density at radius 1 is 1.03 bits per heavy atom. The third-order valence-corrected chi connectivity index (χ3v) is 7.17. The number of carbonyl (C=O) groups is 1. The number of anilines is 1. The molecule has 7 nitrogen and oxygen atoms in total. The number of hydrogen-bond donors (Lipinski definition) is 1. The molecular weight excluding hydrogens is 426 g/mol. The molecule has 3 rings (SSSR count). The van der Waals surface area contributed by atoms with E-state index in [1.807, 2.05) is 18.7 Å². The van der Waals surface area contributed by atoms with E-state index in [-0.39, 0.29) is 23.3 Å². The van der Waals surface area contributed by atoms with Gasteiger partial charge in [0.15, 0.2) is 6.61 Å². The summed E-state index contributed by atoms with van der Waals surface area (Å²) < 4.78 is 32.7. The van der Waals surface area contributed by atoms with Gasteiger partial charge in [0.05, 0.1) is 4.90 Å². The minimum atomic E-state index is -3.54. The molecule has 1 amide bonds. The van der Waals surface area contributed by atoms with Crippen LogP contribution in [0.1, 0.15) is 25.0 Å². The van der Waals surface area contributed by atoms with Crippen LogP contribution in [0.5, 0.6) is 5.75 Å². The lowest BCUT2D eigenvalue weighted by molar-refractivity contribution is -0.133. The highest BCUT2D eigenvalue weighted by Gasteiger charge is 2.23. The lowest BCUT2D eigenvalue weighted by Crippen LogP contribution is -2.50. The lowest BCUT2D eigenvalue weighted by atomic mass is 10.1. The van der Waals surface area contributed by atoms with Crippen LogP contribution in [-0.4, -0.2) is 58.6 Å². The largest absolute Gasteiger partial charge is 0.484 e. The van der Waals surface area contributed by atoms with Crippen LogP contribution in [0, 0.1) is 19.8 Å². The van der Waals surface area contributed by atoms with Crippen LogP contribution in [-0.2, 0) is 14.8 Å². The Balaban J connectivity index is 1.49. The van der Waals surface area contributed by atoms with E-state index < -0.39 is 10.0 Å². The summed E-state index contributed by atoms with van der Waals surface area (Å²) in [6.45, 7) is 11.3. The average molecular weight is 460 g/mol. The summed E-state index contributed by atoms with van der Waals surface area (Å²) in [5.41, 5.74) is 3.77. The van der Waals surface area contributed by atoms with E-state index in [0.717, 1.165) is 13.1 Å². The van der Waals surface area contributed by atoms with Gasteiger partial charge in [0.25, 0.3) is 5.91 Å². The maximum Gasteiger partial charge on any atom is 0.260 e. The van der Waals surface area contributed by atoms with Crippen molar-refractivity contribution in [3.63, 3.8) is 0 Å². The number of nitrogens with zero attached hydrogens (tertiary/aromatic N) is 2. The van der Waals surface area contributed by atoms with Gasteiger partial charge in [-0.1, -0.05) is 26.0 Å². The number of benzene rings is 2. The fraction of sp³-hybridized carbons (Fsp3) is 0.458. The molecule has 8 heteroatoms. The molecule has 0 spiro atoms. The van der Waals surface area contributed by atoms with Crippen molar-refractivity contribution in [2.45, 2.75) is 32.6 Å². The minimum Gasteiger partial charge on any atom is -0.484 e. The van der Waals surface area contributed by atoms with Gasteiger partial charge in [-0.15, -0.1) is 0 Å². The molecule has 0 unspecified atom stereocenters. The van der Waals surface area contributed by atoms with Gasteiger partial charge >= 0.3 is 0 Å². The Morgan fingerprint density at radius 2 is 1.69 bits per heavy atom. The molecule has 1 aliphatic heterocycles.